The fourth-order valence-corrected chi connectivity index (χ4v) is 4.85. The maximum Gasteiger partial charge on any atom is 0.149 e. The van der Waals surface area contributed by atoms with Crippen molar-refractivity contribution in [2.24, 2.45) is 0 Å². The lowest BCUT2D eigenvalue weighted by Crippen LogP contribution is -2.55. The molecule has 0 saturated carbocycles. The van der Waals surface area contributed by atoms with Gasteiger partial charge < -0.3 is 10.2 Å². The van der Waals surface area contributed by atoms with E-state index in [1.807, 2.05) is 6.92 Å². The van der Waals surface area contributed by atoms with Crippen LogP contribution in [0.4, 0.5) is 11.5 Å². The zero-order valence-corrected chi connectivity index (χ0v) is 17.4. The molecule has 0 atom stereocenters. The van der Waals surface area contributed by atoms with Crippen molar-refractivity contribution < 1.29 is 0 Å². The summed E-state index contributed by atoms with van der Waals surface area (Å²) in [6.45, 7) is 5.62. The number of aromatic nitrogens is 5. The maximum absolute atomic E-state index is 6.25. The smallest absolute Gasteiger partial charge is 0.149 e. The van der Waals surface area contributed by atoms with Gasteiger partial charge in [0.25, 0.3) is 0 Å². The number of nitrogens with zero attached hydrogens (tertiary/aromatic N) is 6. The molecule has 0 radical (unpaired) electrons. The number of nitrogens with one attached hydrogen (secondary N) is 1. The van der Waals surface area contributed by atoms with Gasteiger partial charge in [0.2, 0.25) is 0 Å². The van der Waals surface area contributed by atoms with Gasteiger partial charge in [0, 0.05) is 30.7 Å². The SMILES string of the molecule is Cc1nnc2sc3c(NC4CN(c5cc(Cl)ncc5Cl)C4)ncnc3c2c1C. The van der Waals surface area contributed by atoms with Crippen molar-refractivity contribution in [2.45, 2.75) is 19.9 Å². The normalized spacial score (nSPS) is 14.6. The first-order valence-electron chi connectivity index (χ1n) is 8.71. The van der Waals surface area contributed by atoms with Crippen molar-refractivity contribution >= 4 is 66.5 Å². The van der Waals surface area contributed by atoms with E-state index < -0.39 is 0 Å². The molecule has 7 nitrogen and oxygen atoms in total. The van der Waals surface area contributed by atoms with Gasteiger partial charge in [-0.05, 0) is 19.4 Å². The first kappa shape index (κ1) is 17.8. The molecule has 4 aromatic heterocycles. The molecule has 0 amide bonds. The Labute approximate surface area is 174 Å². The number of anilines is 2. The average Bonchev–Trinajstić information content (AvgIpc) is 3.03. The molecule has 10 heteroatoms. The van der Waals surface area contributed by atoms with Gasteiger partial charge in [-0.2, -0.15) is 5.10 Å². The second-order valence-corrected chi connectivity index (χ2v) is 8.59. The third-order valence-electron chi connectivity index (χ3n) is 5.03. The van der Waals surface area contributed by atoms with E-state index >= 15 is 0 Å². The van der Waals surface area contributed by atoms with Crippen LogP contribution in [0.2, 0.25) is 10.2 Å². The summed E-state index contributed by atoms with van der Waals surface area (Å²) in [6.07, 6.45) is 3.18. The summed E-state index contributed by atoms with van der Waals surface area (Å²) in [4.78, 5) is 16.0. The average molecular weight is 432 g/mol. The van der Waals surface area contributed by atoms with Crippen molar-refractivity contribution in [3.8, 4) is 0 Å². The highest BCUT2D eigenvalue weighted by Gasteiger charge is 2.29. The van der Waals surface area contributed by atoms with Crippen LogP contribution in [-0.2, 0) is 0 Å². The van der Waals surface area contributed by atoms with Crippen LogP contribution in [0.1, 0.15) is 11.3 Å². The van der Waals surface area contributed by atoms with E-state index in [0.29, 0.717) is 10.2 Å². The lowest BCUT2D eigenvalue weighted by molar-refractivity contribution is 0.549. The molecule has 142 valence electrons. The molecule has 1 N–H and O–H groups in total. The Morgan fingerprint density at radius 2 is 1.96 bits per heavy atom. The van der Waals surface area contributed by atoms with Crippen LogP contribution >= 0.6 is 34.5 Å². The second-order valence-electron chi connectivity index (χ2n) is 6.80. The van der Waals surface area contributed by atoms with Crippen LogP contribution in [0.3, 0.4) is 0 Å². The number of fused-ring (bicyclic) bond motifs is 3. The van der Waals surface area contributed by atoms with Gasteiger partial charge >= 0.3 is 0 Å². The van der Waals surface area contributed by atoms with Gasteiger partial charge in [-0.25, -0.2) is 15.0 Å². The Balaban J connectivity index is 1.42. The van der Waals surface area contributed by atoms with Crippen molar-refractivity contribution in [1.82, 2.24) is 25.1 Å². The van der Waals surface area contributed by atoms with E-state index in [2.05, 4.69) is 42.3 Å². The van der Waals surface area contributed by atoms with Gasteiger partial charge in [-0.1, -0.05) is 23.2 Å². The fourth-order valence-electron chi connectivity index (χ4n) is 3.39. The number of aryl methyl sites for hydroxylation is 2. The molecule has 0 aliphatic carbocycles. The number of hydrogen-bond acceptors (Lipinski definition) is 8. The predicted octanol–water partition coefficient (Wildman–Crippen LogP) is 4.25. The minimum atomic E-state index is 0.250. The first-order chi connectivity index (χ1) is 13.5. The van der Waals surface area contributed by atoms with Crippen molar-refractivity contribution in [1.29, 1.82) is 0 Å². The van der Waals surface area contributed by atoms with Crippen LogP contribution in [-0.4, -0.2) is 44.3 Å². The lowest BCUT2D eigenvalue weighted by Gasteiger charge is -2.41. The number of rotatable bonds is 3. The van der Waals surface area contributed by atoms with Gasteiger partial charge in [-0.3, -0.25) is 0 Å². The molecule has 0 unspecified atom stereocenters. The molecule has 1 fully saturated rings. The molecule has 4 aromatic rings. The van der Waals surface area contributed by atoms with E-state index in [1.165, 1.54) is 0 Å². The summed E-state index contributed by atoms with van der Waals surface area (Å²) >= 11 is 13.8. The van der Waals surface area contributed by atoms with E-state index in [0.717, 1.165) is 56.3 Å². The minimum absolute atomic E-state index is 0.250. The summed E-state index contributed by atoms with van der Waals surface area (Å²) in [6, 6.07) is 2.04. The Kier molecular flexibility index (Phi) is 4.22. The second kappa shape index (κ2) is 6.65. The monoisotopic (exact) mass is 431 g/mol. The maximum atomic E-state index is 6.25. The van der Waals surface area contributed by atoms with E-state index in [1.54, 1.807) is 29.9 Å². The summed E-state index contributed by atoms with van der Waals surface area (Å²) < 4.78 is 1.00. The van der Waals surface area contributed by atoms with Gasteiger partial charge in [0.15, 0.2) is 0 Å². The number of thiophene rings is 1. The molecule has 1 aliphatic heterocycles. The van der Waals surface area contributed by atoms with Crippen LogP contribution < -0.4 is 10.2 Å². The zero-order chi connectivity index (χ0) is 19.4. The standard InChI is InChI=1S/C18H15Cl2N7S/c1-8-9(2)25-26-18-14(8)15-16(28-18)17(23-7-22-15)24-10-5-27(6-10)12-3-13(20)21-4-11(12)19/h3-4,7,10H,5-6H2,1-2H3,(H,22,23,24). The molecule has 1 aliphatic rings. The highest BCUT2D eigenvalue weighted by atomic mass is 35.5. The van der Waals surface area contributed by atoms with E-state index in [9.17, 15) is 0 Å². The third kappa shape index (κ3) is 2.83. The largest absolute Gasteiger partial charge is 0.366 e. The van der Waals surface area contributed by atoms with Crippen molar-refractivity contribution in [3.63, 3.8) is 0 Å². The van der Waals surface area contributed by atoms with Gasteiger partial charge in [-0.15, -0.1) is 16.4 Å². The Hall–Kier alpha value is -2.29. The molecule has 0 bridgehead atoms. The first-order valence-corrected chi connectivity index (χ1v) is 10.3. The highest BCUT2D eigenvalue weighted by Crippen LogP contribution is 2.37. The van der Waals surface area contributed by atoms with E-state index in [-0.39, 0.29) is 6.04 Å². The van der Waals surface area contributed by atoms with Gasteiger partial charge in [0.05, 0.1) is 32.7 Å². The summed E-state index contributed by atoms with van der Waals surface area (Å²) in [5, 5.41) is 14.2. The quantitative estimate of drug-likeness (QED) is 0.485. The molecule has 28 heavy (non-hydrogen) atoms. The Morgan fingerprint density at radius 1 is 1.14 bits per heavy atom. The molecule has 0 spiro atoms. The van der Waals surface area contributed by atoms with E-state index in [4.69, 9.17) is 23.2 Å². The Morgan fingerprint density at radius 3 is 2.79 bits per heavy atom. The molecule has 0 aromatic carbocycles. The fraction of sp³-hybridized carbons (Fsp3) is 0.278. The molecule has 1 saturated heterocycles. The topological polar surface area (TPSA) is 79.7 Å². The third-order valence-corrected chi connectivity index (χ3v) is 6.59. The minimum Gasteiger partial charge on any atom is -0.366 e. The van der Waals surface area contributed by atoms with Crippen molar-refractivity contribution in [3.05, 3.63) is 40.0 Å². The summed E-state index contributed by atoms with van der Waals surface area (Å²) in [7, 11) is 0. The summed E-state index contributed by atoms with van der Waals surface area (Å²) in [5.74, 6) is 0.827. The van der Waals surface area contributed by atoms with Crippen LogP contribution in [0, 0.1) is 13.8 Å². The lowest BCUT2D eigenvalue weighted by atomic mass is 10.1. The van der Waals surface area contributed by atoms with Crippen molar-refractivity contribution in [2.75, 3.05) is 23.3 Å². The predicted molar refractivity (Wildman–Crippen MR) is 114 cm³/mol. The summed E-state index contributed by atoms with van der Waals surface area (Å²) in [5.41, 5.74) is 3.85. The number of halogens is 2. The zero-order valence-electron chi connectivity index (χ0n) is 15.1. The number of pyridine rings is 1. The highest BCUT2D eigenvalue weighted by molar-refractivity contribution is 7.26. The Bertz CT molecular complexity index is 1220. The molecular formula is C18H15Cl2N7S. The molecule has 5 heterocycles. The van der Waals surface area contributed by atoms with Gasteiger partial charge in [0.1, 0.15) is 22.1 Å². The van der Waals surface area contributed by atoms with Crippen LogP contribution in [0.15, 0.2) is 18.6 Å². The molecular weight excluding hydrogens is 417 g/mol. The number of hydrogen-bond donors (Lipinski definition) is 1. The molecule has 5 rings (SSSR count). The van der Waals surface area contributed by atoms with Crippen LogP contribution in [0.5, 0.6) is 0 Å². The van der Waals surface area contributed by atoms with Crippen LogP contribution in [0.25, 0.3) is 20.4 Å².